The largest absolute Gasteiger partial charge is 0.456 e. The summed E-state index contributed by atoms with van der Waals surface area (Å²) < 4.78 is 19.0. The van der Waals surface area contributed by atoms with Crippen molar-refractivity contribution in [2.24, 2.45) is 0 Å². The van der Waals surface area contributed by atoms with Gasteiger partial charge in [-0.25, -0.2) is 9.37 Å². The van der Waals surface area contributed by atoms with Gasteiger partial charge in [-0.1, -0.05) is 24.3 Å². The molecule has 3 rings (SSSR count). The highest BCUT2D eigenvalue weighted by Gasteiger charge is 2.09. The topological polar surface area (TPSA) is 68.3 Å². The fourth-order valence-corrected chi connectivity index (χ4v) is 3.69. The molecule has 1 N–H and O–H groups in total. The van der Waals surface area contributed by atoms with Crippen molar-refractivity contribution in [1.82, 2.24) is 10.3 Å². The van der Waals surface area contributed by atoms with Gasteiger partial charge in [-0.15, -0.1) is 11.3 Å². The molecular formula is C21H21FN2O3S. The van der Waals surface area contributed by atoms with Gasteiger partial charge in [0.05, 0.1) is 15.2 Å². The van der Waals surface area contributed by atoms with Gasteiger partial charge in [0.1, 0.15) is 5.82 Å². The average molecular weight is 400 g/mol. The number of carbonyl (C=O) groups is 2. The maximum absolute atomic E-state index is 12.8. The van der Waals surface area contributed by atoms with E-state index in [1.165, 1.54) is 12.1 Å². The Bertz CT molecular complexity index is 907. The van der Waals surface area contributed by atoms with Crippen LogP contribution in [-0.2, 0) is 27.2 Å². The molecule has 1 heterocycles. The Balaban J connectivity index is 1.29. The van der Waals surface area contributed by atoms with Crippen LogP contribution in [0.2, 0.25) is 0 Å². The van der Waals surface area contributed by atoms with Crippen molar-refractivity contribution in [2.45, 2.75) is 25.7 Å². The fourth-order valence-electron chi connectivity index (χ4n) is 2.68. The van der Waals surface area contributed by atoms with Gasteiger partial charge in [0, 0.05) is 13.0 Å². The minimum atomic E-state index is -0.394. The summed E-state index contributed by atoms with van der Waals surface area (Å²) >= 11 is 1.63. The Labute approximate surface area is 166 Å². The Kier molecular flexibility index (Phi) is 7.08. The molecule has 3 aromatic rings. The summed E-state index contributed by atoms with van der Waals surface area (Å²) in [5, 5.41) is 3.67. The number of thiazole rings is 1. The zero-order valence-electron chi connectivity index (χ0n) is 15.3. The van der Waals surface area contributed by atoms with Gasteiger partial charge in [-0.3, -0.25) is 9.59 Å². The number of fused-ring (bicyclic) bond motifs is 1. The fraction of sp³-hybridized carbons (Fsp3) is 0.286. The summed E-state index contributed by atoms with van der Waals surface area (Å²) in [6.45, 7) is 0.114. The standard InChI is InChI=1S/C21H21FN2O3S/c22-16-10-8-15(9-11-16)12-13-23-19(25)14-27-21(26)7-3-6-20-24-17-4-1-2-5-18(17)28-20/h1-2,4-5,8-11H,3,6-7,12-14H2,(H,23,25). The van der Waals surface area contributed by atoms with Crippen molar-refractivity contribution in [1.29, 1.82) is 0 Å². The Hall–Kier alpha value is -2.80. The molecule has 1 amide bonds. The Morgan fingerprint density at radius 2 is 1.86 bits per heavy atom. The number of benzene rings is 2. The average Bonchev–Trinajstić information content (AvgIpc) is 3.11. The molecule has 28 heavy (non-hydrogen) atoms. The van der Waals surface area contributed by atoms with Crippen LogP contribution in [0.1, 0.15) is 23.4 Å². The predicted octanol–water partition coefficient (Wildman–Crippen LogP) is 3.66. The molecule has 0 saturated heterocycles. The molecule has 146 valence electrons. The zero-order valence-corrected chi connectivity index (χ0v) is 16.1. The molecule has 2 aromatic carbocycles. The molecule has 0 saturated carbocycles. The number of nitrogens with one attached hydrogen (secondary N) is 1. The number of halogens is 1. The first kappa shape index (κ1) is 19.9. The number of aryl methyl sites for hydroxylation is 1. The SMILES string of the molecule is O=C(COC(=O)CCCc1nc2ccccc2s1)NCCc1ccc(F)cc1. The van der Waals surface area contributed by atoms with Crippen molar-refractivity contribution in [3.05, 3.63) is 64.9 Å². The summed E-state index contributed by atoms with van der Waals surface area (Å²) in [6, 6.07) is 14.0. The lowest BCUT2D eigenvalue weighted by atomic mass is 10.1. The highest BCUT2D eigenvalue weighted by molar-refractivity contribution is 7.18. The smallest absolute Gasteiger partial charge is 0.306 e. The Morgan fingerprint density at radius 1 is 1.07 bits per heavy atom. The summed E-state index contributed by atoms with van der Waals surface area (Å²) in [4.78, 5) is 28.0. The van der Waals surface area contributed by atoms with Gasteiger partial charge in [-0.2, -0.15) is 0 Å². The van der Waals surface area contributed by atoms with Crippen molar-refractivity contribution in [3.8, 4) is 0 Å². The monoisotopic (exact) mass is 400 g/mol. The first-order valence-corrected chi connectivity index (χ1v) is 9.93. The van der Waals surface area contributed by atoms with E-state index in [0.29, 0.717) is 25.8 Å². The van der Waals surface area contributed by atoms with Crippen LogP contribution >= 0.6 is 11.3 Å². The quantitative estimate of drug-likeness (QED) is 0.557. The molecule has 0 spiro atoms. The van der Waals surface area contributed by atoms with E-state index in [1.807, 2.05) is 24.3 Å². The number of hydrogen-bond donors (Lipinski definition) is 1. The van der Waals surface area contributed by atoms with Crippen LogP contribution in [0.3, 0.4) is 0 Å². The van der Waals surface area contributed by atoms with Crippen molar-refractivity contribution >= 4 is 33.4 Å². The second kappa shape index (κ2) is 9.94. The number of rotatable bonds is 9. The minimum Gasteiger partial charge on any atom is -0.456 e. The molecule has 1 aromatic heterocycles. The summed E-state index contributed by atoms with van der Waals surface area (Å²) in [7, 11) is 0. The van der Waals surface area contributed by atoms with Gasteiger partial charge in [0.15, 0.2) is 6.61 Å². The number of amides is 1. The van der Waals surface area contributed by atoms with Crippen molar-refractivity contribution in [3.63, 3.8) is 0 Å². The molecule has 5 nitrogen and oxygen atoms in total. The normalized spacial score (nSPS) is 10.8. The molecule has 0 atom stereocenters. The van der Waals surface area contributed by atoms with Crippen LogP contribution in [0, 0.1) is 5.82 Å². The molecule has 0 aliphatic heterocycles. The number of nitrogens with zero attached hydrogens (tertiary/aromatic N) is 1. The summed E-state index contributed by atoms with van der Waals surface area (Å²) in [5.41, 5.74) is 1.90. The molecule has 0 aliphatic carbocycles. The molecular weight excluding hydrogens is 379 g/mol. The third-order valence-electron chi connectivity index (χ3n) is 4.12. The van der Waals surface area contributed by atoms with Crippen molar-refractivity contribution in [2.75, 3.05) is 13.2 Å². The molecule has 0 fully saturated rings. The molecule has 0 bridgehead atoms. The maximum Gasteiger partial charge on any atom is 0.306 e. The first-order chi connectivity index (χ1) is 13.6. The number of aromatic nitrogens is 1. The number of hydrogen-bond acceptors (Lipinski definition) is 5. The number of ether oxygens (including phenoxy) is 1. The van der Waals surface area contributed by atoms with Crippen LogP contribution in [0.5, 0.6) is 0 Å². The van der Waals surface area contributed by atoms with E-state index < -0.39 is 5.97 Å². The van der Waals surface area contributed by atoms with Gasteiger partial charge >= 0.3 is 5.97 Å². The van der Waals surface area contributed by atoms with Gasteiger partial charge < -0.3 is 10.1 Å². The highest BCUT2D eigenvalue weighted by Crippen LogP contribution is 2.22. The lowest BCUT2D eigenvalue weighted by molar-refractivity contribution is -0.148. The number of carbonyl (C=O) groups excluding carboxylic acids is 2. The lowest BCUT2D eigenvalue weighted by Crippen LogP contribution is -2.30. The molecule has 0 aliphatic rings. The third kappa shape index (κ3) is 6.13. The second-order valence-corrected chi connectivity index (χ2v) is 7.43. The van der Waals surface area contributed by atoms with Gasteiger partial charge in [0.2, 0.25) is 0 Å². The van der Waals surface area contributed by atoms with E-state index in [2.05, 4.69) is 10.3 Å². The van der Waals surface area contributed by atoms with Crippen LogP contribution in [0.25, 0.3) is 10.2 Å². The second-order valence-electron chi connectivity index (χ2n) is 6.32. The number of esters is 1. The van der Waals surface area contributed by atoms with Gasteiger partial charge in [0.25, 0.3) is 5.91 Å². The van der Waals surface area contributed by atoms with Gasteiger partial charge in [-0.05, 0) is 49.1 Å². The van der Waals surface area contributed by atoms with Crippen molar-refractivity contribution < 1.29 is 18.7 Å². The minimum absolute atomic E-state index is 0.249. The molecule has 7 heteroatoms. The predicted molar refractivity (Wildman–Crippen MR) is 107 cm³/mol. The lowest BCUT2D eigenvalue weighted by Gasteiger charge is -2.06. The van der Waals surface area contributed by atoms with Crippen LogP contribution in [0.15, 0.2) is 48.5 Å². The molecule has 0 unspecified atom stereocenters. The summed E-state index contributed by atoms with van der Waals surface area (Å²) in [5.74, 6) is -1.03. The zero-order chi connectivity index (χ0) is 19.8. The molecule has 0 radical (unpaired) electrons. The van der Waals surface area contributed by atoms with Crippen LogP contribution < -0.4 is 5.32 Å². The van der Waals surface area contributed by atoms with E-state index in [1.54, 1.807) is 23.5 Å². The van der Waals surface area contributed by atoms with Crippen LogP contribution in [-0.4, -0.2) is 30.0 Å². The number of para-hydroxylation sites is 1. The van der Waals surface area contributed by atoms with E-state index in [4.69, 9.17) is 4.74 Å². The van der Waals surface area contributed by atoms with E-state index in [-0.39, 0.29) is 24.8 Å². The highest BCUT2D eigenvalue weighted by atomic mass is 32.1. The summed E-state index contributed by atoms with van der Waals surface area (Å²) in [6.07, 6.45) is 2.17. The Morgan fingerprint density at radius 3 is 2.64 bits per heavy atom. The van der Waals surface area contributed by atoms with E-state index in [9.17, 15) is 14.0 Å². The van der Waals surface area contributed by atoms with Crippen LogP contribution in [0.4, 0.5) is 4.39 Å². The van der Waals surface area contributed by atoms with E-state index in [0.717, 1.165) is 20.8 Å². The first-order valence-electron chi connectivity index (χ1n) is 9.11. The van der Waals surface area contributed by atoms with E-state index >= 15 is 0 Å². The third-order valence-corrected chi connectivity index (χ3v) is 5.22. The maximum atomic E-state index is 12.8.